The van der Waals surface area contributed by atoms with Crippen LogP contribution in [0.5, 0.6) is 5.75 Å². The molecule has 1 aliphatic heterocycles. The molecule has 0 spiro atoms. The molecule has 0 radical (unpaired) electrons. The molecule has 9 heteroatoms. The van der Waals surface area contributed by atoms with Crippen molar-refractivity contribution in [2.45, 2.75) is 37.9 Å². The molecule has 0 saturated heterocycles. The summed E-state index contributed by atoms with van der Waals surface area (Å²) in [6, 6.07) is 9.03. The lowest BCUT2D eigenvalue weighted by molar-refractivity contribution is -0.388. The second-order valence-electron chi connectivity index (χ2n) is 9.24. The van der Waals surface area contributed by atoms with E-state index in [2.05, 4.69) is 5.32 Å². The second-order valence-corrected chi connectivity index (χ2v) is 9.24. The number of amides is 1. The lowest BCUT2D eigenvalue weighted by Crippen LogP contribution is -2.56. The lowest BCUT2D eigenvalue weighted by Gasteiger charge is -2.38. The van der Waals surface area contributed by atoms with Gasteiger partial charge in [0.2, 0.25) is 5.91 Å². The first-order valence-electron chi connectivity index (χ1n) is 11.1. The van der Waals surface area contributed by atoms with Gasteiger partial charge < -0.3 is 15.2 Å². The number of rotatable bonds is 4. The summed E-state index contributed by atoms with van der Waals surface area (Å²) in [5.41, 5.74) is -1.81. The summed E-state index contributed by atoms with van der Waals surface area (Å²) in [6.45, 7) is 5.17. The average Bonchev–Trinajstić information content (AvgIpc) is 3.17. The van der Waals surface area contributed by atoms with E-state index in [1.807, 2.05) is 13.8 Å². The summed E-state index contributed by atoms with van der Waals surface area (Å²) in [6.07, 6.45) is 4.38. The molecule has 0 saturated carbocycles. The van der Waals surface area contributed by atoms with Gasteiger partial charge >= 0.3 is 0 Å². The molecule has 3 aliphatic rings. The smallest absolute Gasteiger partial charge is 0.279 e. The van der Waals surface area contributed by atoms with Crippen molar-refractivity contribution in [1.82, 2.24) is 5.32 Å². The lowest BCUT2D eigenvalue weighted by atomic mass is 9.62. The first kappa shape index (κ1) is 22.7. The van der Waals surface area contributed by atoms with Crippen molar-refractivity contribution in [2.75, 3.05) is 0 Å². The molecule has 0 fully saturated rings. The molecule has 5 rings (SSSR count). The highest BCUT2D eigenvalue weighted by Gasteiger charge is 2.76. The summed E-state index contributed by atoms with van der Waals surface area (Å²) in [4.78, 5) is 50.7. The number of Topliss-reactive ketones (excluding diaryl/α,β-unsaturated/α-hetero) is 2. The quantitative estimate of drug-likeness (QED) is 0.513. The standard InChI is InChI=1S/C26H22N2O7/c1-13(2)15-10-11-17-21(12-15)35-26(32)22-16(6-4-9-20(22)28(33)34)24(31)25(17,26)18-7-5-8-19(23(18)30)27-14(3)29/h4-13,18,32H,1-3H3,(H,27,29). The Morgan fingerprint density at radius 1 is 1.23 bits per heavy atom. The number of benzene rings is 2. The average molecular weight is 474 g/mol. The van der Waals surface area contributed by atoms with Gasteiger partial charge in [-0.1, -0.05) is 50.3 Å². The van der Waals surface area contributed by atoms with E-state index in [-0.39, 0.29) is 34.1 Å². The van der Waals surface area contributed by atoms with Crippen LogP contribution in [0.25, 0.3) is 0 Å². The van der Waals surface area contributed by atoms with Crippen LogP contribution in [0, 0.1) is 16.0 Å². The van der Waals surface area contributed by atoms with Gasteiger partial charge in [0.05, 0.1) is 16.5 Å². The Labute approximate surface area is 200 Å². The monoisotopic (exact) mass is 474 g/mol. The Balaban J connectivity index is 1.82. The van der Waals surface area contributed by atoms with Crippen molar-refractivity contribution in [1.29, 1.82) is 0 Å². The van der Waals surface area contributed by atoms with Gasteiger partial charge in [-0.05, 0) is 23.6 Å². The minimum atomic E-state index is -2.52. The summed E-state index contributed by atoms with van der Waals surface area (Å²) < 4.78 is 6.06. The molecule has 1 amide bonds. The first-order chi connectivity index (χ1) is 16.5. The van der Waals surface area contributed by atoms with Crippen molar-refractivity contribution in [3.63, 3.8) is 0 Å². The Hall–Kier alpha value is -4.11. The van der Waals surface area contributed by atoms with Crippen LogP contribution in [0.15, 0.2) is 60.3 Å². The minimum Gasteiger partial charge on any atom is -0.456 e. The number of carbonyl (C=O) groups excluding carboxylic acids is 3. The van der Waals surface area contributed by atoms with Gasteiger partial charge in [0.25, 0.3) is 11.5 Å². The van der Waals surface area contributed by atoms with Crippen molar-refractivity contribution in [2.24, 2.45) is 5.92 Å². The Morgan fingerprint density at radius 2 is 1.97 bits per heavy atom. The molecule has 35 heavy (non-hydrogen) atoms. The summed E-state index contributed by atoms with van der Waals surface area (Å²) in [7, 11) is 0. The molecule has 9 nitrogen and oxygen atoms in total. The Bertz CT molecular complexity index is 1410. The Kier molecular flexibility index (Phi) is 4.82. The van der Waals surface area contributed by atoms with Crippen molar-refractivity contribution in [3.8, 4) is 5.75 Å². The molecule has 1 heterocycles. The SMILES string of the molecule is CC(=O)NC1=CC=CC(C23C(=O)c4cccc([N+](=O)[O-])c4C2(O)Oc2cc(C(C)C)ccc23)C1=O. The number of carbonyl (C=O) groups is 3. The van der Waals surface area contributed by atoms with Crippen LogP contribution < -0.4 is 10.1 Å². The van der Waals surface area contributed by atoms with E-state index in [0.717, 1.165) is 5.56 Å². The van der Waals surface area contributed by atoms with E-state index in [4.69, 9.17) is 4.74 Å². The molecule has 0 bridgehead atoms. The fourth-order valence-corrected chi connectivity index (χ4v) is 5.46. The number of nitrogens with one attached hydrogen (secondary N) is 1. The van der Waals surface area contributed by atoms with Crippen molar-refractivity contribution < 1.29 is 29.2 Å². The van der Waals surface area contributed by atoms with Gasteiger partial charge in [-0.3, -0.25) is 24.5 Å². The van der Waals surface area contributed by atoms with Crippen LogP contribution in [-0.4, -0.2) is 27.5 Å². The van der Waals surface area contributed by atoms with E-state index >= 15 is 0 Å². The summed E-state index contributed by atoms with van der Waals surface area (Å²) in [5, 5.41) is 26.6. The van der Waals surface area contributed by atoms with Crippen LogP contribution in [-0.2, 0) is 20.8 Å². The van der Waals surface area contributed by atoms with Crippen LogP contribution in [0.4, 0.5) is 5.69 Å². The van der Waals surface area contributed by atoms with Gasteiger partial charge in [-0.25, -0.2) is 0 Å². The van der Waals surface area contributed by atoms with E-state index in [9.17, 15) is 29.6 Å². The van der Waals surface area contributed by atoms with E-state index in [1.54, 1.807) is 18.2 Å². The van der Waals surface area contributed by atoms with Gasteiger partial charge in [-0.2, -0.15) is 0 Å². The topological polar surface area (TPSA) is 136 Å². The molecular weight excluding hydrogens is 452 g/mol. The number of allylic oxidation sites excluding steroid dienone is 4. The van der Waals surface area contributed by atoms with Crippen molar-refractivity contribution >= 4 is 23.2 Å². The summed E-state index contributed by atoms with van der Waals surface area (Å²) >= 11 is 0. The van der Waals surface area contributed by atoms with Crippen molar-refractivity contribution in [3.05, 3.63) is 92.7 Å². The maximum Gasteiger partial charge on any atom is 0.279 e. The fraction of sp³-hybridized carbons (Fsp3) is 0.269. The molecule has 178 valence electrons. The molecule has 2 aromatic carbocycles. The Morgan fingerprint density at radius 3 is 2.63 bits per heavy atom. The van der Waals surface area contributed by atoms with Gasteiger partial charge in [-0.15, -0.1) is 0 Å². The minimum absolute atomic E-state index is 0.0489. The summed E-state index contributed by atoms with van der Waals surface area (Å²) in [5.74, 6) is -5.32. The molecule has 2 aromatic rings. The largest absolute Gasteiger partial charge is 0.456 e. The van der Waals surface area contributed by atoms with Crippen LogP contribution in [0.3, 0.4) is 0 Å². The molecule has 0 aromatic heterocycles. The normalized spacial score (nSPS) is 26.1. The number of nitrogens with zero attached hydrogens (tertiary/aromatic N) is 1. The highest BCUT2D eigenvalue weighted by molar-refractivity contribution is 6.17. The zero-order valence-electron chi connectivity index (χ0n) is 19.2. The van der Waals surface area contributed by atoms with E-state index in [1.165, 1.54) is 43.4 Å². The van der Waals surface area contributed by atoms with Crippen LogP contribution >= 0.6 is 0 Å². The fourth-order valence-electron chi connectivity index (χ4n) is 5.46. The number of nitro groups is 1. The third kappa shape index (κ3) is 2.81. The predicted molar refractivity (Wildman–Crippen MR) is 124 cm³/mol. The molecule has 2 N–H and O–H groups in total. The number of aliphatic hydroxyl groups is 1. The van der Waals surface area contributed by atoms with Gasteiger partial charge in [0.1, 0.15) is 16.7 Å². The van der Waals surface area contributed by atoms with E-state index in [0.29, 0.717) is 0 Å². The van der Waals surface area contributed by atoms with Crippen LogP contribution in [0.2, 0.25) is 0 Å². The number of hydrogen-bond acceptors (Lipinski definition) is 7. The first-order valence-corrected chi connectivity index (χ1v) is 11.1. The molecule has 2 aliphatic carbocycles. The second kappa shape index (κ2) is 7.44. The third-order valence-electron chi connectivity index (χ3n) is 6.96. The highest BCUT2D eigenvalue weighted by atomic mass is 16.6. The maximum absolute atomic E-state index is 14.2. The van der Waals surface area contributed by atoms with Gasteiger partial charge in [0.15, 0.2) is 11.6 Å². The highest BCUT2D eigenvalue weighted by Crippen LogP contribution is 2.65. The predicted octanol–water partition coefficient (Wildman–Crippen LogP) is 3.17. The van der Waals surface area contributed by atoms with Gasteiger partial charge in [0, 0.05) is 24.1 Å². The number of nitro benzene ring substituents is 1. The third-order valence-corrected chi connectivity index (χ3v) is 6.96. The number of ether oxygens (including phenoxy) is 1. The number of fused-ring (bicyclic) bond motifs is 5. The molecule has 3 unspecified atom stereocenters. The zero-order chi connectivity index (χ0) is 25.3. The number of ketones is 2. The zero-order valence-corrected chi connectivity index (χ0v) is 19.2. The molecule has 3 atom stereocenters. The number of hydrogen-bond donors (Lipinski definition) is 2. The van der Waals surface area contributed by atoms with E-state index < -0.39 is 45.2 Å². The van der Waals surface area contributed by atoms with Crippen LogP contribution in [0.1, 0.15) is 53.7 Å². The maximum atomic E-state index is 14.2. The molecular formula is C26H22N2O7.